The number of rotatable bonds is 2. The molecule has 0 aliphatic rings. The molecule has 72 valence electrons. The lowest BCUT2D eigenvalue weighted by Gasteiger charge is -2.04. The van der Waals surface area contributed by atoms with Gasteiger partial charge in [0.1, 0.15) is 0 Å². The smallest absolute Gasteiger partial charge is 0.175 e. The number of aryl methyl sites for hydroxylation is 1. The number of sulfone groups is 1. The normalized spacial score (nSPS) is 11.6. The fourth-order valence-electron chi connectivity index (χ4n) is 1.25. The summed E-state index contributed by atoms with van der Waals surface area (Å²) in [5, 5.41) is 0. The molecule has 0 spiro atoms. The largest absolute Gasteiger partial charge is 0.326 e. The summed E-state index contributed by atoms with van der Waals surface area (Å²) in [7, 11) is -3.10. The van der Waals surface area contributed by atoms with Crippen LogP contribution in [0.25, 0.3) is 0 Å². The molecular formula is C9H13NO2S. The molecule has 0 fully saturated rings. The van der Waals surface area contributed by atoms with Crippen LogP contribution < -0.4 is 5.73 Å². The molecular weight excluding hydrogens is 186 g/mol. The van der Waals surface area contributed by atoms with E-state index in [1.54, 1.807) is 25.1 Å². The summed E-state index contributed by atoms with van der Waals surface area (Å²) in [6, 6.07) is 5.15. The molecule has 0 bridgehead atoms. The maximum Gasteiger partial charge on any atom is 0.175 e. The zero-order valence-electron chi connectivity index (χ0n) is 7.74. The van der Waals surface area contributed by atoms with Crippen LogP contribution in [0, 0.1) is 6.92 Å². The van der Waals surface area contributed by atoms with Crippen molar-refractivity contribution >= 4 is 9.84 Å². The van der Waals surface area contributed by atoms with Gasteiger partial charge in [-0.05, 0) is 24.1 Å². The van der Waals surface area contributed by atoms with Crippen LogP contribution in [0.4, 0.5) is 0 Å². The first kappa shape index (κ1) is 10.2. The fourth-order valence-corrected chi connectivity index (χ4v) is 2.21. The first-order valence-electron chi connectivity index (χ1n) is 3.95. The van der Waals surface area contributed by atoms with Gasteiger partial charge in [0.15, 0.2) is 9.84 Å². The van der Waals surface area contributed by atoms with Crippen LogP contribution in [-0.2, 0) is 16.4 Å². The Hall–Kier alpha value is -0.870. The summed E-state index contributed by atoms with van der Waals surface area (Å²) >= 11 is 0. The van der Waals surface area contributed by atoms with Crippen molar-refractivity contribution in [1.29, 1.82) is 0 Å². The summed E-state index contributed by atoms with van der Waals surface area (Å²) in [5.74, 6) is 0. The molecule has 0 aliphatic carbocycles. The molecule has 0 saturated carbocycles. The third-order valence-corrected chi connectivity index (χ3v) is 3.13. The molecule has 1 aromatic rings. The van der Waals surface area contributed by atoms with E-state index >= 15 is 0 Å². The van der Waals surface area contributed by atoms with Crippen molar-refractivity contribution < 1.29 is 8.42 Å². The monoisotopic (exact) mass is 199 g/mol. The van der Waals surface area contributed by atoms with Gasteiger partial charge < -0.3 is 5.73 Å². The average molecular weight is 199 g/mol. The summed E-state index contributed by atoms with van der Waals surface area (Å²) in [5.41, 5.74) is 7.13. The average Bonchev–Trinajstić information content (AvgIpc) is 2.01. The molecule has 4 heteroatoms. The number of hydrogen-bond donors (Lipinski definition) is 1. The highest BCUT2D eigenvalue weighted by atomic mass is 32.2. The van der Waals surface area contributed by atoms with Gasteiger partial charge in [-0.2, -0.15) is 0 Å². The van der Waals surface area contributed by atoms with Crippen molar-refractivity contribution in [3.05, 3.63) is 29.3 Å². The number of hydrogen-bond acceptors (Lipinski definition) is 3. The first-order chi connectivity index (χ1) is 5.95. The predicted octanol–water partition coefficient (Wildman–Crippen LogP) is 0.857. The second-order valence-electron chi connectivity index (χ2n) is 3.08. The summed E-state index contributed by atoms with van der Waals surface area (Å²) in [6.07, 6.45) is 1.21. The molecule has 0 aliphatic heterocycles. The predicted molar refractivity (Wildman–Crippen MR) is 52.2 cm³/mol. The minimum Gasteiger partial charge on any atom is -0.326 e. The Bertz CT molecular complexity index is 410. The van der Waals surface area contributed by atoms with Gasteiger partial charge in [-0.3, -0.25) is 0 Å². The summed E-state index contributed by atoms with van der Waals surface area (Å²) < 4.78 is 22.4. The molecule has 0 saturated heterocycles. The van der Waals surface area contributed by atoms with E-state index in [0.717, 1.165) is 11.1 Å². The van der Waals surface area contributed by atoms with Crippen molar-refractivity contribution in [2.75, 3.05) is 6.26 Å². The Kier molecular flexibility index (Phi) is 2.73. The molecule has 3 nitrogen and oxygen atoms in total. The molecule has 0 heterocycles. The SMILES string of the molecule is Cc1cc(CN)ccc1S(C)(=O)=O. The van der Waals surface area contributed by atoms with Crippen molar-refractivity contribution in [1.82, 2.24) is 0 Å². The third kappa shape index (κ3) is 2.29. The van der Waals surface area contributed by atoms with Crippen molar-refractivity contribution in [2.24, 2.45) is 5.73 Å². The molecule has 0 aromatic heterocycles. The topological polar surface area (TPSA) is 60.2 Å². The Labute approximate surface area is 78.5 Å². The minimum absolute atomic E-state index is 0.379. The van der Waals surface area contributed by atoms with Crippen molar-refractivity contribution in [3.63, 3.8) is 0 Å². The maximum atomic E-state index is 11.2. The van der Waals surface area contributed by atoms with E-state index in [0.29, 0.717) is 11.4 Å². The van der Waals surface area contributed by atoms with Crippen LogP contribution in [0.2, 0.25) is 0 Å². The molecule has 2 N–H and O–H groups in total. The number of nitrogens with two attached hydrogens (primary N) is 1. The zero-order chi connectivity index (χ0) is 10.1. The van der Waals surface area contributed by atoms with E-state index in [4.69, 9.17) is 5.73 Å². The Morgan fingerprint density at radius 1 is 1.38 bits per heavy atom. The zero-order valence-corrected chi connectivity index (χ0v) is 8.56. The highest BCUT2D eigenvalue weighted by Gasteiger charge is 2.09. The lowest BCUT2D eigenvalue weighted by atomic mass is 10.1. The Balaban J connectivity index is 3.29. The first-order valence-corrected chi connectivity index (χ1v) is 5.84. The van der Waals surface area contributed by atoms with Gasteiger partial charge in [-0.25, -0.2) is 8.42 Å². The number of benzene rings is 1. The van der Waals surface area contributed by atoms with E-state index in [-0.39, 0.29) is 0 Å². The summed E-state index contributed by atoms with van der Waals surface area (Å²) in [4.78, 5) is 0.379. The quantitative estimate of drug-likeness (QED) is 0.768. The standard InChI is InChI=1S/C9H13NO2S/c1-7-5-8(6-10)3-4-9(7)13(2,11)12/h3-5H,6,10H2,1-2H3. The lowest BCUT2D eigenvalue weighted by molar-refractivity contribution is 0.601. The fraction of sp³-hybridized carbons (Fsp3) is 0.333. The molecule has 0 radical (unpaired) electrons. The third-order valence-electron chi connectivity index (χ3n) is 1.87. The minimum atomic E-state index is -3.10. The molecule has 1 aromatic carbocycles. The lowest BCUT2D eigenvalue weighted by Crippen LogP contribution is -2.02. The second-order valence-corrected chi connectivity index (χ2v) is 5.06. The van der Waals surface area contributed by atoms with Crippen LogP contribution in [0.5, 0.6) is 0 Å². The van der Waals surface area contributed by atoms with Crippen molar-refractivity contribution in [2.45, 2.75) is 18.4 Å². The molecule has 1 rings (SSSR count). The molecule has 0 atom stereocenters. The van der Waals surface area contributed by atoms with Crippen LogP contribution in [0.15, 0.2) is 23.1 Å². The van der Waals surface area contributed by atoms with Crippen molar-refractivity contribution in [3.8, 4) is 0 Å². The van der Waals surface area contributed by atoms with Crippen LogP contribution >= 0.6 is 0 Å². The Morgan fingerprint density at radius 3 is 2.38 bits per heavy atom. The van der Waals surface area contributed by atoms with E-state index in [1.807, 2.05) is 0 Å². The van der Waals surface area contributed by atoms with E-state index in [2.05, 4.69) is 0 Å². The van der Waals surface area contributed by atoms with Crippen LogP contribution in [-0.4, -0.2) is 14.7 Å². The van der Waals surface area contributed by atoms with Gasteiger partial charge in [0.2, 0.25) is 0 Å². The van der Waals surface area contributed by atoms with Crippen LogP contribution in [0.3, 0.4) is 0 Å². The van der Waals surface area contributed by atoms with Gasteiger partial charge in [-0.15, -0.1) is 0 Å². The highest BCUT2D eigenvalue weighted by Crippen LogP contribution is 2.15. The molecule has 0 amide bonds. The Morgan fingerprint density at radius 2 is 2.00 bits per heavy atom. The van der Waals surface area contributed by atoms with Gasteiger partial charge in [0.25, 0.3) is 0 Å². The van der Waals surface area contributed by atoms with Gasteiger partial charge in [-0.1, -0.05) is 12.1 Å². The summed E-state index contributed by atoms with van der Waals surface area (Å²) in [6.45, 7) is 2.21. The molecule has 0 unspecified atom stereocenters. The van der Waals surface area contributed by atoms with Crippen LogP contribution in [0.1, 0.15) is 11.1 Å². The van der Waals surface area contributed by atoms with Gasteiger partial charge in [0.05, 0.1) is 4.90 Å². The van der Waals surface area contributed by atoms with Gasteiger partial charge >= 0.3 is 0 Å². The van der Waals surface area contributed by atoms with E-state index in [9.17, 15) is 8.42 Å². The van der Waals surface area contributed by atoms with Gasteiger partial charge in [0, 0.05) is 12.8 Å². The second kappa shape index (κ2) is 3.47. The van der Waals surface area contributed by atoms with E-state index in [1.165, 1.54) is 6.26 Å². The maximum absolute atomic E-state index is 11.2. The van der Waals surface area contributed by atoms with E-state index < -0.39 is 9.84 Å². The highest BCUT2D eigenvalue weighted by molar-refractivity contribution is 7.90. The molecule has 13 heavy (non-hydrogen) atoms.